The molecule has 0 atom stereocenters. The Labute approximate surface area is 86.0 Å². The lowest BCUT2D eigenvalue weighted by atomic mass is 9.92. The minimum Gasteiger partial charge on any atom is -0.387 e. The molecule has 0 saturated carbocycles. The van der Waals surface area contributed by atoms with Crippen LogP contribution in [0.15, 0.2) is 0 Å². The van der Waals surface area contributed by atoms with Crippen LogP contribution in [0.25, 0.3) is 0 Å². The first kappa shape index (κ1) is 11.9. The van der Waals surface area contributed by atoms with Crippen LogP contribution in [0.2, 0.25) is 0 Å². The highest BCUT2D eigenvalue weighted by Crippen LogP contribution is 2.29. The molecule has 1 heterocycles. The van der Waals surface area contributed by atoms with Crippen LogP contribution in [0, 0.1) is 0 Å². The molecule has 1 aliphatic rings. The molecule has 14 heavy (non-hydrogen) atoms. The fraction of sp³-hybridized carbons (Fsp3) is 1.00. The predicted molar refractivity (Wildman–Crippen MR) is 55.5 cm³/mol. The fourth-order valence-electron chi connectivity index (χ4n) is 1.71. The zero-order valence-corrected chi connectivity index (χ0v) is 9.84. The summed E-state index contributed by atoms with van der Waals surface area (Å²) >= 11 is 0. The van der Waals surface area contributed by atoms with Crippen LogP contribution in [0.5, 0.6) is 0 Å². The normalized spacial score (nSPS) is 22.4. The molecule has 0 amide bonds. The number of β-amino-alcohol motifs (C(OH)–C–C–N with tert-alkyl or cyclic N) is 1. The smallest absolute Gasteiger partial charge is 0.216 e. The van der Waals surface area contributed by atoms with E-state index in [-0.39, 0.29) is 13.1 Å². The zero-order valence-electron chi connectivity index (χ0n) is 9.02. The van der Waals surface area contributed by atoms with Crippen molar-refractivity contribution in [3.63, 3.8) is 0 Å². The second-order valence-corrected chi connectivity index (χ2v) is 6.83. The third-order valence-electron chi connectivity index (χ3n) is 2.61. The molecule has 1 aliphatic heterocycles. The Morgan fingerprint density at radius 1 is 1.43 bits per heavy atom. The Bertz CT molecular complexity index is 291. The van der Waals surface area contributed by atoms with Gasteiger partial charge in [0.25, 0.3) is 0 Å². The first-order valence-corrected chi connectivity index (χ1v) is 6.53. The van der Waals surface area contributed by atoms with Crippen LogP contribution in [-0.4, -0.2) is 41.8 Å². The Balaban J connectivity index is 2.57. The molecule has 0 aromatic carbocycles. The Kier molecular flexibility index (Phi) is 3.23. The van der Waals surface area contributed by atoms with Gasteiger partial charge >= 0.3 is 0 Å². The molecule has 1 fully saturated rings. The minimum absolute atomic E-state index is 0.265. The van der Waals surface area contributed by atoms with E-state index in [9.17, 15) is 13.5 Å². The molecule has 0 radical (unpaired) electrons. The van der Waals surface area contributed by atoms with Crippen LogP contribution >= 0.6 is 0 Å². The zero-order chi connectivity index (χ0) is 11.0. The number of sulfonamides is 1. The molecule has 1 rings (SSSR count). The number of hydrogen-bond donors (Lipinski definition) is 1. The Hall–Kier alpha value is -0.130. The van der Waals surface area contributed by atoms with E-state index in [0.717, 1.165) is 6.42 Å². The van der Waals surface area contributed by atoms with Gasteiger partial charge in [-0.1, -0.05) is 13.3 Å². The van der Waals surface area contributed by atoms with Crippen LogP contribution in [0.1, 0.15) is 33.6 Å². The average Bonchev–Trinajstić information content (AvgIpc) is 2.00. The largest absolute Gasteiger partial charge is 0.387 e. The summed E-state index contributed by atoms with van der Waals surface area (Å²) in [6, 6.07) is 0. The van der Waals surface area contributed by atoms with Crippen molar-refractivity contribution < 1.29 is 13.5 Å². The van der Waals surface area contributed by atoms with E-state index in [2.05, 4.69) is 0 Å². The number of nitrogens with zero attached hydrogens (tertiary/aromatic N) is 1. The van der Waals surface area contributed by atoms with Crippen LogP contribution in [0.4, 0.5) is 0 Å². The van der Waals surface area contributed by atoms with E-state index in [4.69, 9.17) is 0 Å². The monoisotopic (exact) mass is 221 g/mol. The molecule has 0 aliphatic carbocycles. The summed E-state index contributed by atoms with van der Waals surface area (Å²) in [6.07, 6.45) is 1.56. The molecular formula is C9H19NO3S. The highest BCUT2D eigenvalue weighted by Gasteiger charge is 2.46. The van der Waals surface area contributed by atoms with Gasteiger partial charge in [0, 0.05) is 13.1 Å². The van der Waals surface area contributed by atoms with E-state index >= 15 is 0 Å². The first-order valence-electron chi connectivity index (χ1n) is 5.03. The number of hydrogen-bond acceptors (Lipinski definition) is 3. The molecule has 1 N–H and O–H groups in total. The van der Waals surface area contributed by atoms with Gasteiger partial charge in [0.2, 0.25) is 10.0 Å². The maximum atomic E-state index is 11.6. The second kappa shape index (κ2) is 3.79. The standard InChI is InChI=1S/C9H19NO3S/c1-4-5-9(11)6-10(7-9)14(12,13)8(2)3/h8,11H,4-7H2,1-3H3. The Morgan fingerprint density at radius 2 is 1.93 bits per heavy atom. The molecule has 0 aromatic rings. The van der Waals surface area contributed by atoms with Crippen molar-refractivity contribution in [2.45, 2.75) is 44.5 Å². The molecule has 4 nitrogen and oxygen atoms in total. The second-order valence-electron chi connectivity index (χ2n) is 4.34. The number of rotatable bonds is 4. The van der Waals surface area contributed by atoms with E-state index < -0.39 is 20.9 Å². The van der Waals surface area contributed by atoms with Gasteiger partial charge in [0.15, 0.2) is 0 Å². The quantitative estimate of drug-likeness (QED) is 0.755. The van der Waals surface area contributed by atoms with E-state index in [1.54, 1.807) is 13.8 Å². The van der Waals surface area contributed by atoms with Gasteiger partial charge in [-0.05, 0) is 20.3 Å². The highest BCUT2D eigenvalue weighted by atomic mass is 32.2. The van der Waals surface area contributed by atoms with Gasteiger partial charge in [0.1, 0.15) is 0 Å². The maximum absolute atomic E-state index is 11.6. The summed E-state index contributed by atoms with van der Waals surface area (Å²) < 4.78 is 24.6. The summed E-state index contributed by atoms with van der Waals surface area (Å²) in [5.74, 6) is 0. The summed E-state index contributed by atoms with van der Waals surface area (Å²) in [4.78, 5) is 0. The topological polar surface area (TPSA) is 57.6 Å². The lowest BCUT2D eigenvalue weighted by molar-refractivity contribution is -0.0655. The van der Waals surface area contributed by atoms with Gasteiger partial charge in [-0.3, -0.25) is 0 Å². The van der Waals surface area contributed by atoms with Crippen LogP contribution < -0.4 is 0 Å². The van der Waals surface area contributed by atoms with Crippen molar-refractivity contribution in [3.05, 3.63) is 0 Å². The third kappa shape index (κ3) is 2.10. The lowest BCUT2D eigenvalue weighted by Gasteiger charge is -2.46. The van der Waals surface area contributed by atoms with E-state index in [0.29, 0.717) is 6.42 Å². The summed E-state index contributed by atoms with van der Waals surface area (Å²) in [5, 5.41) is 9.42. The van der Waals surface area contributed by atoms with Crippen molar-refractivity contribution in [1.29, 1.82) is 0 Å². The molecule has 5 heteroatoms. The molecule has 84 valence electrons. The SMILES string of the molecule is CCCC1(O)CN(S(=O)(=O)C(C)C)C1. The van der Waals surface area contributed by atoms with Crippen LogP contribution in [-0.2, 0) is 10.0 Å². The minimum atomic E-state index is -3.16. The summed E-state index contributed by atoms with van der Waals surface area (Å²) in [6.45, 7) is 5.83. The molecule has 0 bridgehead atoms. The third-order valence-corrected chi connectivity index (χ3v) is 4.78. The molecule has 0 aromatic heterocycles. The average molecular weight is 221 g/mol. The van der Waals surface area contributed by atoms with Gasteiger partial charge in [-0.25, -0.2) is 8.42 Å². The highest BCUT2D eigenvalue weighted by molar-refractivity contribution is 7.89. The number of aliphatic hydroxyl groups is 1. The van der Waals surface area contributed by atoms with E-state index in [1.807, 2.05) is 6.92 Å². The van der Waals surface area contributed by atoms with Gasteiger partial charge in [0.05, 0.1) is 10.9 Å². The molecule has 0 unspecified atom stereocenters. The van der Waals surface area contributed by atoms with Crippen molar-refractivity contribution in [2.75, 3.05) is 13.1 Å². The fourth-order valence-corrected chi connectivity index (χ4v) is 3.15. The predicted octanol–water partition coefficient (Wildman–Crippen LogP) is 0.571. The van der Waals surface area contributed by atoms with Crippen LogP contribution in [0.3, 0.4) is 0 Å². The van der Waals surface area contributed by atoms with Crippen molar-refractivity contribution in [1.82, 2.24) is 4.31 Å². The molecular weight excluding hydrogens is 202 g/mol. The summed E-state index contributed by atoms with van der Waals surface area (Å²) in [5.41, 5.74) is -0.767. The van der Waals surface area contributed by atoms with Gasteiger partial charge in [-0.2, -0.15) is 4.31 Å². The first-order chi connectivity index (χ1) is 6.32. The van der Waals surface area contributed by atoms with E-state index in [1.165, 1.54) is 4.31 Å². The van der Waals surface area contributed by atoms with Crippen molar-refractivity contribution in [2.24, 2.45) is 0 Å². The maximum Gasteiger partial charge on any atom is 0.216 e. The molecule has 1 saturated heterocycles. The van der Waals surface area contributed by atoms with Gasteiger partial charge in [-0.15, -0.1) is 0 Å². The van der Waals surface area contributed by atoms with Gasteiger partial charge < -0.3 is 5.11 Å². The van der Waals surface area contributed by atoms with Crippen molar-refractivity contribution in [3.8, 4) is 0 Å². The Morgan fingerprint density at radius 3 is 2.29 bits per heavy atom. The molecule has 0 spiro atoms. The summed E-state index contributed by atoms with van der Waals surface area (Å²) in [7, 11) is -3.16. The lowest BCUT2D eigenvalue weighted by Crippen LogP contribution is -2.64. The van der Waals surface area contributed by atoms with Crippen molar-refractivity contribution >= 4 is 10.0 Å².